The Labute approximate surface area is 242 Å². The second-order valence-corrected chi connectivity index (χ2v) is 12.0. The highest BCUT2D eigenvalue weighted by atomic mass is 35.5. The number of anilines is 1. The van der Waals surface area contributed by atoms with Gasteiger partial charge in [-0.1, -0.05) is 59.1 Å². The number of hydrogen-bond acceptors (Lipinski definition) is 4. The van der Waals surface area contributed by atoms with E-state index >= 15 is 0 Å². The maximum absolute atomic E-state index is 13.5. The van der Waals surface area contributed by atoms with Gasteiger partial charge in [0.25, 0.3) is 15.9 Å². The topological polar surface area (TPSA) is 83.8 Å². The second-order valence-electron chi connectivity index (χ2n) is 8.84. The van der Waals surface area contributed by atoms with Crippen molar-refractivity contribution in [2.75, 3.05) is 10.8 Å². The molecule has 0 spiro atoms. The Hall–Kier alpha value is -3.30. The molecule has 0 aliphatic heterocycles. The van der Waals surface area contributed by atoms with Crippen molar-refractivity contribution in [1.82, 2.24) is 9.99 Å². The molecule has 4 rings (SSSR count). The number of hydrogen-bond donors (Lipinski definition) is 1. The first kappa shape index (κ1) is 28.7. The molecular formula is C28H25Cl3N4O3S. The zero-order chi connectivity index (χ0) is 28.3. The standard InChI is InChI=1S/C28H25Cl3N4O3S/c1-18-9-10-24(15-27(18)31)34(39(37,38)26-7-5-4-6-8-26)17-28(36)33-32-16-21-11-19(2)35(20(21)3)25-13-22(29)12-23(30)14-25/h4-16H,17H2,1-3H3,(H,33,36)/b32-16-. The van der Waals surface area contributed by atoms with Crippen molar-refractivity contribution < 1.29 is 13.2 Å². The molecule has 0 atom stereocenters. The van der Waals surface area contributed by atoms with Gasteiger partial charge in [-0.25, -0.2) is 13.8 Å². The predicted molar refractivity (Wildman–Crippen MR) is 158 cm³/mol. The number of hydrazone groups is 1. The summed E-state index contributed by atoms with van der Waals surface area (Å²) in [5.74, 6) is -0.627. The number of nitrogens with one attached hydrogen (secondary N) is 1. The lowest BCUT2D eigenvalue weighted by atomic mass is 10.2. The van der Waals surface area contributed by atoms with Gasteiger partial charge in [0.2, 0.25) is 0 Å². The van der Waals surface area contributed by atoms with Crippen LogP contribution < -0.4 is 9.73 Å². The van der Waals surface area contributed by atoms with Gasteiger partial charge < -0.3 is 4.57 Å². The predicted octanol–water partition coefficient (Wildman–Crippen LogP) is 6.71. The van der Waals surface area contributed by atoms with Crippen LogP contribution >= 0.6 is 34.8 Å². The highest BCUT2D eigenvalue weighted by Crippen LogP contribution is 2.28. The summed E-state index contributed by atoms with van der Waals surface area (Å²) in [6.07, 6.45) is 1.50. The first-order chi connectivity index (χ1) is 18.5. The highest BCUT2D eigenvalue weighted by Gasteiger charge is 2.27. The van der Waals surface area contributed by atoms with Crippen LogP contribution in [0.5, 0.6) is 0 Å². The fourth-order valence-electron chi connectivity index (χ4n) is 4.10. The molecule has 3 aromatic carbocycles. The number of aromatic nitrogens is 1. The van der Waals surface area contributed by atoms with E-state index in [0.717, 1.165) is 32.5 Å². The van der Waals surface area contributed by atoms with Crippen LogP contribution in [-0.4, -0.2) is 31.7 Å². The minimum atomic E-state index is -4.07. The monoisotopic (exact) mass is 602 g/mol. The smallest absolute Gasteiger partial charge is 0.264 e. The SMILES string of the molecule is Cc1ccc(N(CC(=O)N/N=C\c2cc(C)n(-c3cc(Cl)cc(Cl)c3)c2C)S(=O)(=O)c2ccccc2)cc1Cl. The van der Waals surface area contributed by atoms with Crippen molar-refractivity contribution in [2.45, 2.75) is 25.7 Å². The lowest BCUT2D eigenvalue weighted by Crippen LogP contribution is -2.39. The minimum absolute atomic E-state index is 0.0477. The molecule has 39 heavy (non-hydrogen) atoms. The Morgan fingerprint density at radius 2 is 1.62 bits per heavy atom. The molecule has 1 N–H and O–H groups in total. The molecule has 0 saturated heterocycles. The van der Waals surface area contributed by atoms with Crippen LogP contribution in [0.4, 0.5) is 5.69 Å². The van der Waals surface area contributed by atoms with E-state index in [4.69, 9.17) is 34.8 Å². The van der Waals surface area contributed by atoms with E-state index in [2.05, 4.69) is 10.5 Å². The number of carbonyl (C=O) groups excluding carboxylic acids is 1. The summed E-state index contributed by atoms with van der Waals surface area (Å²) in [6, 6.07) is 19.9. The van der Waals surface area contributed by atoms with Gasteiger partial charge in [-0.3, -0.25) is 9.10 Å². The van der Waals surface area contributed by atoms with E-state index in [-0.39, 0.29) is 10.6 Å². The Kier molecular flexibility index (Phi) is 8.71. The van der Waals surface area contributed by atoms with Crippen LogP contribution in [-0.2, 0) is 14.8 Å². The summed E-state index contributed by atoms with van der Waals surface area (Å²) in [6.45, 7) is 5.13. The fraction of sp³-hybridized carbons (Fsp3) is 0.143. The molecule has 1 aromatic heterocycles. The van der Waals surface area contributed by atoms with Crippen LogP contribution in [0.1, 0.15) is 22.5 Å². The van der Waals surface area contributed by atoms with Crippen LogP contribution in [0.15, 0.2) is 82.8 Å². The Bertz CT molecular complexity index is 1650. The van der Waals surface area contributed by atoms with Gasteiger partial charge in [-0.2, -0.15) is 5.10 Å². The van der Waals surface area contributed by atoms with Crippen LogP contribution in [0.25, 0.3) is 5.69 Å². The van der Waals surface area contributed by atoms with E-state index < -0.39 is 22.5 Å². The lowest BCUT2D eigenvalue weighted by Gasteiger charge is -2.24. The van der Waals surface area contributed by atoms with E-state index in [1.807, 2.05) is 31.4 Å². The van der Waals surface area contributed by atoms with Crippen LogP contribution in [0, 0.1) is 20.8 Å². The number of carbonyl (C=O) groups is 1. The summed E-state index contributed by atoms with van der Waals surface area (Å²) >= 11 is 18.6. The van der Waals surface area contributed by atoms with Gasteiger partial charge >= 0.3 is 0 Å². The number of rotatable bonds is 8. The summed E-state index contributed by atoms with van der Waals surface area (Å²) in [5.41, 5.74) is 6.79. The molecule has 11 heteroatoms. The molecule has 0 aliphatic rings. The number of amides is 1. The third kappa shape index (κ3) is 6.47. The van der Waals surface area contributed by atoms with E-state index in [1.165, 1.54) is 24.4 Å². The van der Waals surface area contributed by atoms with Gasteiger partial charge in [0, 0.05) is 37.7 Å². The highest BCUT2D eigenvalue weighted by molar-refractivity contribution is 7.92. The van der Waals surface area contributed by atoms with Crippen LogP contribution in [0.3, 0.4) is 0 Å². The molecule has 202 valence electrons. The number of sulfonamides is 1. The van der Waals surface area contributed by atoms with Crippen molar-refractivity contribution >= 4 is 62.6 Å². The third-order valence-corrected chi connectivity index (χ3v) is 8.66. The van der Waals surface area contributed by atoms with Crippen molar-refractivity contribution in [2.24, 2.45) is 5.10 Å². The minimum Gasteiger partial charge on any atom is -0.318 e. The molecule has 4 aromatic rings. The maximum Gasteiger partial charge on any atom is 0.264 e. The van der Waals surface area contributed by atoms with Crippen molar-refractivity contribution in [1.29, 1.82) is 0 Å². The van der Waals surface area contributed by atoms with Crippen LogP contribution in [0.2, 0.25) is 15.1 Å². The summed E-state index contributed by atoms with van der Waals surface area (Å²) in [7, 11) is -4.07. The molecule has 1 amide bonds. The quantitative estimate of drug-likeness (QED) is 0.180. The van der Waals surface area contributed by atoms with Gasteiger partial charge in [0.1, 0.15) is 6.54 Å². The molecule has 0 radical (unpaired) electrons. The van der Waals surface area contributed by atoms with Gasteiger partial charge in [0.15, 0.2) is 0 Å². The molecular weight excluding hydrogens is 579 g/mol. The molecule has 7 nitrogen and oxygen atoms in total. The summed E-state index contributed by atoms with van der Waals surface area (Å²) in [5, 5.41) is 5.49. The summed E-state index contributed by atoms with van der Waals surface area (Å²) < 4.78 is 29.9. The molecule has 0 aliphatic carbocycles. The Morgan fingerprint density at radius 3 is 2.26 bits per heavy atom. The largest absolute Gasteiger partial charge is 0.318 e. The van der Waals surface area contributed by atoms with Crippen molar-refractivity contribution in [3.8, 4) is 5.69 Å². The first-order valence-corrected chi connectivity index (χ1v) is 14.4. The van der Waals surface area contributed by atoms with E-state index in [1.54, 1.807) is 48.5 Å². The van der Waals surface area contributed by atoms with E-state index in [9.17, 15) is 13.2 Å². The van der Waals surface area contributed by atoms with Gasteiger partial charge in [-0.05, 0) is 74.9 Å². The number of nitrogens with zero attached hydrogens (tertiary/aromatic N) is 3. The maximum atomic E-state index is 13.5. The zero-order valence-electron chi connectivity index (χ0n) is 21.3. The number of halogens is 3. The Morgan fingerprint density at radius 1 is 0.949 bits per heavy atom. The zero-order valence-corrected chi connectivity index (χ0v) is 24.4. The first-order valence-electron chi connectivity index (χ1n) is 11.8. The number of aryl methyl sites for hydroxylation is 2. The Balaban J connectivity index is 1.57. The van der Waals surface area contributed by atoms with Gasteiger partial charge in [-0.15, -0.1) is 0 Å². The summed E-state index contributed by atoms with van der Waals surface area (Å²) in [4.78, 5) is 12.9. The third-order valence-electron chi connectivity index (χ3n) is 6.03. The fourth-order valence-corrected chi connectivity index (χ4v) is 6.22. The number of benzene rings is 3. The van der Waals surface area contributed by atoms with Gasteiger partial charge in [0.05, 0.1) is 16.8 Å². The van der Waals surface area contributed by atoms with E-state index in [0.29, 0.717) is 15.1 Å². The molecule has 0 fully saturated rings. The normalized spacial score (nSPS) is 11.6. The molecule has 1 heterocycles. The average molecular weight is 604 g/mol. The average Bonchev–Trinajstić information content (AvgIpc) is 3.16. The molecule has 0 saturated carbocycles. The van der Waals surface area contributed by atoms with Crippen molar-refractivity contribution in [3.63, 3.8) is 0 Å². The lowest BCUT2D eigenvalue weighted by molar-refractivity contribution is -0.119. The molecule has 0 unspecified atom stereocenters. The second kappa shape index (κ2) is 11.8. The van der Waals surface area contributed by atoms with Crippen molar-refractivity contribution in [3.05, 3.63) is 110 Å². The molecule has 0 bridgehead atoms.